The van der Waals surface area contributed by atoms with Crippen molar-refractivity contribution >= 4 is 60.9 Å². The van der Waals surface area contributed by atoms with Crippen molar-refractivity contribution in [1.82, 2.24) is 19.2 Å². The number of nitrogens with one attached hydrogen (secondary N) is 2. The summed E-state index contributed by atoms with van der Waals surface area (Å²) in [4.78, 5) is 9.99. The largest absolute Gasteiger partial charge is 0.337 e. The fourth-order valence-corrected chi connectivity index (χ4v) is 6.48. The Labute approximate surface area is 265 Å². The van der Waals surface area contributed by atoms with Crippen molar-refractivity contribution in [3.8, 4) is 16.9 Å². The Balaban J connectivity index is 1.29. The van der Waals surface area contributed by atoms with E-state index in [1.807, 2.05) is 54.7 Å². The van der Waals surface area contributed by atoms with Crippen LogP contribution in [0.5, 0.6) is 0 Å². The van der Waals surface area contributed by atoms with Crippen LogP contribution in [0, 0.1) is 0 Å². The number of rotatable bonds is 6. The second kappa shape index (κ2) is 10.6. The third-order valence-electron chi connectivity index (χ3n) is 8.58. The highest BCUT2D eigenvalue weighted by molar-refractivity contribution is 6.18. The molecule has 9 rings (SSSR count). The van der Waals surface area contributed by atoms with E-state index in [9.17, 15) is 0 Å². The van der Waals surface area contributed by atoms with Gasteiger partial charge in [-0.2, -0.15) is 0 Å². The van der Waals surface area contributed by atoms with Crippen LogP contribution in [0.25, 0.3) is 60.6 Å². The molecular formula is C40H28N6. The first-order valence-corrected chi connectivity index (χ1v) is 15.4. The van der Waals surface area contributed by atoms with Crippen LogP contribution in [-0.2, 0) is 0 Å². The van der Waals surface area contributed by atoms with Crippen molar-refractivity contribution in [2.24, 2.45) is 0 Å². The zero-order valence-electron chi connectivity index (χ0n) is 24.8. The van der Waals surface area contributed by atoms with Gasteiger partial charge in [-0.3, -0.25) is 10.1 Å². The summed E-state index contributed by atoms with van der Waals surface area (Å²) in [6.07, 6.45) is 1.82. The molecule has 0 atom stereocenters. The maximum Gasteiger partial charge on any atom is 0.189 e. The van der Waals surface area contributed by atoms with Crippen molar-refractivity contribution in [3.05, 3.63) is 158 Å². The van der Waals surface area contributed by atoms with E-state index in [2.05, 4.69) is 123 Å². The number of nitrogens with zero attached hydrogens (tertiary/aromatic N) is 4. The molecule has 0 amide bonds. The highest BCUT2D eigenvalue weighted by Gasteiger charge is 2.19. The van der Waals surface area contributed by atoms with E-state index >= 15 is 0 Å². The lowest BCUT2D eigenvalue weighted by atomic mass is 10.1. The fourth-order valence-electron chi connectivity index (χ4n) is 6.48. The van der Waals surface area contributed by atoms with Gasteiger partial charge in [0, 0.05) is 38.5 Å². The monoisotopic (exact) mass is 592 g/mol. The second-order valence-corrected chi connectivity index (χ2v) is 11.3. The highest BCUT2D eigenvalue weighted by atomic mass is 15.4. The number of benzene rings is 6. The van der Waals surface area contributed by atoms with Crippen LogP contribution in [0.2, 0.25) is 0 Å². The van der Waals surface area contributed by atoms with Crippen LogP contribution in [0.1, 0.15) is 0 Å². The quantitative estimate of drug-likeness (QED) is 0.202. The molecule has 6 nitrogen and oxygen atoms in total. The second-order valence-electron chi connectivity index (χ2n) is 11.3. The normalized spacial score (nSPS) is 11.5. The van der Waals surface area contributed by atoms with Crippen LogP contribution < -0.4 is 10.7 Å². The van der Waals surface area contributed by atoms with Crippen LogP contribution in [0.15, 0.2) is 158 Å². The standard InChI is InChI=1S/C40H28N6/c1-4-14-27(15-5-1)34-26-41-39(42-28-16-6-2-7-17-28)40(43-34)44-46-36-23-13-11-21-31(36)33-24-37-32(25-38(33)46)30-20-10-12-22-35(30)45(37)29-18-8-3-9-19-29/h1-26H,(H,41,42)(H,43,44). The molecule has 0 aliphatic heterocycles. The Morgan fingerprint density at radius 1 is 0.478 bits per heavy atom. The zero-order valence-corrected chi connectivity index (χ0v) is 24.8. The van der Waals surface area contributed by atoms with Gasteiger partial charge in [-0.1, -0.05) is 103 Å². The predicted octanol–water partition coefficient (Wildman–Crippen LogP) is 9.97. The summed E-state index contributed by atoms with van der Waals surface area (Å²) in [6, 6.07) is 52.6. The zero-order chi connectivity index (χ0) is 30.5. The molecular weight excluding hydrogens is 564 g/mol. The molecule has 46 heavy (non-hydrogen) atoms. The van der Waals surface area contributed by atoms with Gasteiger partial charge in [-0.15, -0.1) is 0 Å². The van der Waals surface area contributed by atoms with Crippen LogP contribution >= 0.6 is 0 Å². The number of aromatic nitrogens is 4. The van der Waals surface area contributed by atoms with Gasteiger partial charge >= 0.3 is 0 Å². The molecule has 2 N–H and O–H groups in total. The highest BCUT2D eigenvalue weighted by Crippen LogP contribution is 2.38. The number of para-hydroxylation sites is 4. The minimum Gasteiger partial charge on any atom is -0.337 e. The van der Waals surface area contributed by atoms with E-state index in [-0.39, 0.29) is 0 Å². The third kappa shape index (κ3) is 4.27. The van der Waals surface area contributed by atoms with Crippen LogP contribution in [0.4, 0.5) is 17.3 Å². The molecule has 3 heterocycles. The average Bonchev–Trinajstić information content (AvgIpc) is 3.61. The van der Waals surface area contributed by atoms with Gasteiger partial charge < -0.3 is 9.88 Å². The Hall–Kier alpha value is -6.40. The maximum absolute atomic E-state index is 5.12. The van der Waals surface area contributed by atoms with Crippen molar-refractivity contribution in [2.45, 2.75) is 0 Å². The molecule has 6 aromatic carbocycles. The molecule has 0 unspecified atom stereocenters. The molecule has 9 aromatic rings. The van der Waals surface area contributed by atoms with E-state index in [0.29, 0.717) is 11.6 Å². The third-order valence-corrected chi connectivity index (χ3v) is 8.58. The molecule has 0 aliphatic rings. The molecule has 3 aromatic heterocycles. The van der Waals surface area contributed by atoms with E-state index in [0.717, 1.165) is 44.4 Å². The number of hydrogen-bond acceptors (Lipinski definition) is 4. The summed E-state index contributed by atoms with van der Waals surface area (Å²) in [5.74, 6) is 1.26. The summed E-state index contributed by atoms with van der Waals surface area (Å²) >= 11 is 0. The lowest BCUT2D eigenvalue weighted by molar-refractivity contribution is 1.02. The van der Waals surface area contributed by atoms with Gasteiger partial charge in [0.25, 0.3) is 0 Å². The van der Waals surface area contributed by atoms with Crippen LogP contribution in [-0.4, -0.2) is 19.2 Å². The van der Waals surface area contributed by atoms with Crippen molar-refractivity contribution in [3.63, 3.8) is 0 Å². The summed E-state index contributed by atoms with van der Waals surface area (Å²) in [5.41, 5.74) is 12.0. The maximum atomic E-state index is 5.12. The molecule has 0 spiro atoms. The minimum absolute atomic E-state index is 0.625. The topological polar surface area (TPSA) is 59.7 Å². The number of fused-ring (bicyclic) bond motifs is 6. The first kappa shape index (κ1) is 26.0. The van der Waals surface area contributed by atoms with E-state index in [1.54, 1.807) is 0 Å². The van der Waals surface area contributed by atoms with Crippen molar-refractivity contribution in [2.75, 3.05) is 10.7 Å². The minimum atomic E-state index is 0.625. The van der Waals surface area contributed by atoms with Gasteiger partial charge in [0.05, 0.1) is 34.0 Å². The van der Waals surface area contributed by atoms with Gasteiger partial charge in [-0.25, -0.2) is 9.97 Å². The molecule has 6 heteroatoms. The molecule has 0 bridgehead atoms. The first-order chi connectivity index (χ1) is 22.8. The van der Waals surface area contributed by atoms with Gasteiger partial charge in [0.15, 0.2) is 11.6 Å². The summed E-state index contributed by atoms with van der Waals surface area (Å²) in [7, 11) is 0. The molecule has 0 saturated carbocycles. The molecule has 218 valence electrons. The first-order valence-electron chi connectivity index (χ1n) is 15.4. The predicted molar refractivity (Wildman–Crippen MR) is 190 cm³/mol. The molecule has 0 radical (unpaired) electrons. The summed E-state index contributed by atoms with van der Waals surface area (Å²) in [6.45, 7) is 0. The number of hydrogen-bond donors (Lipinski definition) is 2. The van der Waals surface area contributed by atoms with Crippen LogP contribution in [0.3, 0.4) is 0 Å². The Morgan fingerprint density at radius 3 is 1.83 bits per heavy atom. The smallest absolute Gasteiger partial charge is 0.189 e. The van der Waals surface area contributed by atoms with E-state index in [4.69, 9.17) is 9.97 Å². The Kier molecular flexibility index (Phi) is 6.03. The average molecular weight is 593 g/mol. The SMILES string of the molecule is c1ccc(Nc2ncc(-c3ccccc3)nc2Nn2c3ccccc3c3cc4c(cc32)c2ccccc2n4-c2ccccc2)cc1. The van der Waals surface area contributed by atoms with Gasteiger partial charge in [0.1, 0.15) is 0 Å². The molecule has 0 saturated heterocycles. The Bertz CT molecular complexity index is 2520. The lowest BCUT2D eigenvalue weighted by Crippen LogP contribution is -2.13. The fraction of sp³-hybridized carbons (Fsp3) is 0. The van der Waals surface area contributed by atoms with Gasteiger partial charge in [0.2, 0.25) is 0 Å². The molecule has 0 aliphatic carbocycles. The lowest BCUT2D eigenvalue weighted by Gasteiger charge is -2.16. The van der Waals surface area contributed by atoms with Gasteiger partial charge in [-0.05, 0) is 48.5 Å². The number of anilines is 3. The van der Waals surface area contributed by atoms with E-state index < -0.39 is 0 Å². The van der Waals surface area contributed by atoms with E-state index in [1.165, 1.54) is 21.8 Å². The molecule has 0 fully saturated rings. The van der Waals surface area contributed by atoms with Crippen molar-refractivity contribution < 1.29 is 0 Å². The van der Waals surface area contributed by atoms with Crippen molar-refractivity contribution in [1.29, 1.82) is 0 Å². The summed E-state index contributed by atoms with van der Waals surface area (Å²) in [5, 5.41) is 8.18. The Morgan fingerprint density at radius 2 is 1.07 bits per heavy atom. The summed E-state index contributed by atoms with van der Waals surface area (Å²) < 4.78 is 4.51.